The van der Waals surface area contributed by atoms with Gasteiger partial charge in [0.05, 0.1) is 0 Å². The maximum absolute atomic E-state index is 13.0. The van der Waals surface area contributed by atoms with Crippen LogP contribution in [-0.4, -0.2) is 45.3 Å². The third kappa shape index (κ3) is 3.14. The molecule has 4 rings (SSSR count). The van der Waals surface area contributed by atoms with Gasteiger partial charge in [-0.2, -0.15) is 0 Å². The summed E-state index contributed by atoms with van der Waals surface area (Å²) >= 11 is 0. The Bertz CT molecular complexity index is 948. The van der Waals surface area contributed by atoms with E-state index in [-0.39, 0.29) is 5.91 Å². The van der Waals surface area contributed by atoms with Crippen molar-refractivity contribution in [2.45, 2.75) is 25.7 Å². The Morgan fingerprint density at radius 3 is 3.00 bits per heavy atom. The summed E-state index contributed by atoms with van der Waals surface area (Å²) in [5, 5.41) is 3.08. The van der Waals surface area contributed by atoms with Gasteiger partial charge in [0.15, 0.2) is 0 Å². The van der Waals surface area contributed by atoms with Crippen molar-refractivity contribution in [1.82, 2.24) is 19.3 Å². The molecule has 0 saturated carbocycles. The second kappa shape index (κ2) is 6.78. The highest BCUT2D eigenvalue weighted by Gasteiger charge is 2.27. The molecule has 0 radical (unpaired) electrons. The van der Waals surface area contributed by atoms with Crippen molar-refractivity contribution in [3.05, 3.63) is 59.7 Å². The van der Waals surface area contributed by atoms with Crippen LogP contribution in [0.25, 0.3) is 5.65 Å². The number of carbonyl (C=O) groups excluding carboxylic acids is 1. The summed E-state index contributed by atoms with van der Waals surface area (Å²) in [7, 11) is 1.87. The molecule has 0 aromatic carbocycles. The molecule has 1 aliphatic rings. The number of aromatic nitrogens is 3. The van der Waals surface area contributed by atoms with Gasteiger partial charge in [-0.15, -0.1) is 0 Å². The van der Waals surface area contributed by atoms with Crippen molar-refractivity contribution in [3.8, 4) is 0 Å². The topological polar surface area (TPSA) is 62.5 Å². The lowest BCUT2D eigenvalue weighted by Crippen LogP contribution is -2.39. The number of anilines is 1. The van der Waals surface area contributed by atoms with Gasteiger partial charge in [0.2, 0.25) is 0 Å². The van der Waals surface area contributed by atoms with Crippen LogP contribution < -0.4 is 5.32 Å². The van der Waals surface area contributed by atoms with Crippen LogP contribution in [-0.2, 0) is 0 Å². The Morgan fingerprint density at radius 2 is 2.15 bits per heavy atom. The number of pyridine rings is 2. The molecule has 1 aliphatic heterocycles. The Labute approximate surface area is 152 Å². The van der Waals surface area contributed by atoms with Crippen molar-refractivity contribution in [2.75, 3.05) is 25.5 Å². The molecular formula is C20H23N5O. The zero-order valence-corrected chi connectivity index (χ0v) is 15.1. The van der Waals surface area contributed by atoms with E-state index < -0.39 is 0 Å². The molecular weight excluding hydrogens is 326 g/mol. The summed E-state index contributed by atoms with van der Waals surface area (Å²) in [5.74, 6) is 1.21. The smallest absolute Gasteiger partial charge is 0.274 e. The van der Waals surface area contributed by atoms with E-state index in [0.717, 1.165) is 43.0 Å². The van der Waals surface area contributed by atoms with Gasteiger partial charge in [-0.05, 0) is 49.1 Å². The second-order valence-electron chi connectivity index (χ2n) is 6.91. The lowest BCUT2D eigenvalue weighted by atomic mass is 9.91. The van der Waals surface area contributed by atoms with Crippen molar-refractivity contribution in [1.29, 1.82) is 0 Å². The molecule has 26 heavy (non-hydrogen) atoms. The fourth-order valence-electron chi connectivity index (χ4n) is 3.64. The zero-order valence-electron chi connectivity index (χ0n) is 15.1. The Morgan fingerprint density at radius 1 is 1.27 bits per heavy atom. The van der Waals surface area contributed by atoms with E-state index in [1.807, 2.05) is 60.1 Å². The van der Waals surface area contributed by atoms with Gasteiger partial charge in [-0.25, -0.2) is 9.97 Å². The fraction of sp³-hybridized carbons (Fsp3) is 0.350. The summed E-state index contributed by atoms with van der Waals surface area (Å²) in [6.45, 7) is 3.54. The van der Waals surface area contributed by atoms with Crippen LogP contribution in [0.3, 0.4) is 0 Å². The lowest BCUT2D eigenvalue weighted by Gasteiger charge is -2.32. The van der Waals surface area contributed by atoms with Crippen LogP contribution in [0.5, 0.6) is 0 Å². The first-order valence-electron chi connectivity index (χ1n) is 9.02. The monoisotopic (exact) mass is 349 g/mol. The van der Waals surface area contributed by atoms with Crippen LogP contribution in [0.1, 0.15) is 40.4 Å². The Balaban J connectivity index is 1.55. The molecule has 1 unspecified atom stereocenters. The predicted octanol–water partition coefficient (Wildman–Crippen LogP) is 3.10. The molecule has 1 saturated heterocycles. The van der Waals surface area contributed by atoms with Crippen molar-refractivity contribution in [3.63, 3.8) is 0 Å². The highest BCUT2D eigenvalue weighted by molar-refractivity contribution is 5.93. The highest BCUT2D eigenvalue weighted by atomic mass is 16.2. The van der Waals surface area contributed by atoms with E-state index in [4.69, 9.17) is 0 Å². The number of imidazole rings is 1. The molecule has 3 aromatic heterocycles. The van der Waals surface area contributed by atoms with Crippen LogP contribution in [0.4, 0.5) is 5.82 Å². The Hall–Kier alpha value is -2.89. The molecule has 0 spiro atoms. The van der Waals surface area contributed by atoms with Crippen molar-refractivity contribution >= 4 is 17.4 Å². The molecule has 4 heterocycles. The third-order valence-electron chi connectivity index (χ3n) is 5.04. The second-order valence-corrected chi connectivity index (χ2v) is 6.91. The summed E-state index contributed by atoms with van der Waals surface area (Å²) in [5.41, 5.74) is 3.69. The van der Waals surface area contributed by atoms with Gasteiger partial charge in [0.1, 0.15) is 17.2 Å². The van der Waals surface area contributed by atoms with E-state index in [9.17, 15) is 4.79 Å². The number of likely N-dealkylation sites (tertiary alicyclic amines) is 1. The van der Waals surface area contributed by atoms with E-state index >= 15 is 0 Å². The number of aryl methyl sites for hydroxylation is 1. The molecule has 1 N–H and O–H groups in total. The van der Waals surface area contributed by atoms with Crippen LogP contribution in [0.2, 0.25) is 0 Å². The first kappa shape index (κ1) is 16.6. The van der Waals surface area contributed by atoms with E-state index in [2.05, 4.69) is 21.4 Å². The van der Waals surface area contributed by atoms with E-state index in [0.29, 0.717) is 11.6 Å². The fourth-order valence-corrected chi connectivity index (χ4v) is 3.64. The number of hydrogen-bond acceptors (Lipinski definition) is 4. The summed E-state index contributed by atoms with van der Waals surface area (Å²) in [4.78, 5) is 23.7. The lowest BCUT2D eigenvalue weighted by molar-refractivity contribution is 0.0702. The van der Waals surface area contributed by atoms with Crippen molar-refractivity contribution in [2.24, 2.45) is 0 Å². The van der Waals surface area contributed by atoms with E-state index in [1.54, 1.807) is 0 Å². The molecule has 3 aromatic rings. The number of rotatable bonds is 3. The normalized spacial score (nSPS) is 17.5. The van der Waals surface area contributed by atoms with Gasteiger partial charge in [0, 0.05) is 44.6 Å². The molecule has 6 nitrogen and oxygen atoms in total. The standard InChI is InChI=1S/C20H23N5O/c1-14-5-6-19-23-17(13-25(19)11-14)20(26)24-9-3-4-16(12-24)15-7-8-22-18(10-15)21-2/h5-8,10-11,13,16H,3-4,9,12H2,1-2H3,(H,21,22). The number of nitrogens with zero attached hydrogens (tertiary/aromatic N) is 4. The van der Waals surface area contributed by atoms with Crippen LogP contribution >= 0.6 is 0 Å². The van der Waals surface area contributed by atoms with Crippen LogP contribution in [0.15, 0.2) is 42.9 Å². The summed E-state index contributed by atoms with van der Waals surface area (Å²) < 4.78 is 1.92. The Kier molecular flexibility index (Phi) is 4.32. The SMILES string of the molecule is CNc1cc(C2CCCN(C(=O)c3cn4cc(C)ccc4n3)C2)ccn1. The predicted molar refractivity (Wildman–Crippen MR) is 102 cm³/mol. The molecule has 6 heteroatoms. The zero-order chi connectivity index (χ0) is 18.1. The van der Waals surface area contributed by atoms with E-state index in [1.165, 1.54) is 5.56 Å². The minimum Gasteiger partial charge on any atom is -0.373 e. The van der Waals surface area contributed by atoms with Gasteiger partial charge < -0.3 is 14.6 Å². The number of nitrogens with one attached hydrogen (secondary N) is 1. The van der Waals surface area contributed by atoms with Gasteiger partial charge in [-0.1, -0.05) is 6.07 Å². The molecule has 0 aliphatic carbocycles. The van der Waals surface area contributed by atoms with Gasteiger partial charge in [0.25, 0.3) is 5.91 Å². The number of hydrogen-bond donors (Lipinski definition) is 1. The van der Waals surface area contributed by atoms with Gasteiger partial charge in [-0.3, -0.25) is 4.79 Å². The minimum absolute atomic E-state index is 0.0129. The maximum Gasteiger partial charge on any atom is 0.274 e. The molecule has 134 valence electrons. The summed E-state index contributed by atoms with van der Waals surface area (Å²) in [6, 6.07) is 8.08. The maximum atomic E-state index is 13.0. The van der Waals surface area contributed by atoms with Gasteiger partial charge >= 0.3 is 0 Å². The first-order valence-corrected chi connectivity index (χ1v) is 9.02. The van der Waals surface area contributed by atoms with Crippen molar-refractivity contribution < 1.29 is 4.79 Å². The summed E-state index contributed by atoms with van der Waals surface area (Å²) in [6.07, 6.45) is 7.74. The molecule has 1 amide bonds. The molecule has 1 fully saturated rings. The average molecular weight is 349 g/mol. The highest BCUT2D eigenvalue weighted by Crippen LogP contribution is 2.28. The quantitative estimate of drug-likeness (QED) is 0.789. The number of carbonyl (C=O) groups is 1. The number of amides is 1. The number of fused-ring (bicyclic) bond motifs is 1. The third-order valence-corrected chi connectivity index (χ3v) is 5.04. The molecule has 1 atom stereocenters. The number of piperidine rings is 1. The van der Waals surface area contributed by atoms with Crippen LogP contribution in [0, 0.1) is 6.92 Å². The minimum atomic E-state index is 0.0129. The largest absolute Gasteiger partial charge is 0.373 e. The molecule has 0 bridgehead atoms. The average Bonchev–Trinajstić information content (AvgIpc) is 3.10. The first-order chi connectivity index (χ1) is 12.6.